The number of nitrogens with zero attached hydrogens (tertiary/aromatic N) is 2. The van der Waals surface area contributed by atoms with Crippen molar-refractivity contribution in [3.8, 4) is 33.6 Å². The van der Waals surface area contributed by atoms with E-state index in [4.69, 9.17) is 4.42 Å². The van der Waals surface area contributed by atoms with Gasteiger partial charge in [-0.1, -0.05) is 97.1 Å². The van der Waals surface area contributed by atoms with Crippen LogP contribution in [0.3, 0.4) is 0 Å². The molecule has 3 heterocycles. The van der Waals surface area contributed by atoms with Crippen molar-refractivity contribution in [2.45, 2.75) is 37.5 Å². The maximum Gasteiger partial charge on any atom is 0.135 e. The quantitative estimate of drug-likeness (QED) is 0.175. The molecular weight excluding hydrogens is 741 g/mol. The van der Waals surface area contributed by atoms with E-state index < -0.39 is 0 Å². The fourth-order valence-corrected chi connectivity index (χ4v) is 14.0. The molecule has 0 unspecified atom stereocenters. The Morgan fingerprint density at radius 2 is 0.902 bits per heavy atom. The van der Waals surface area contributed by atoms with E-state index in [2.05, 4.69) is 173 Å². The number of aromatic nitrogens is 2. The van der Waals surface area contributed by atoms with Crippen molar-refractivity contribution in [2.24, 2.45) is 23.7 Å². The highest BCUT2D eigenvalue weighted by Gasteiger charge is 2.61. The van der Waals surface area contributed by atoms with Crippen LogP contribution < -0.4 is 0 Å². The number of para-hydroxylation sites is 3. The topological polar surface area (TPSA) is 23.0 Å². The van der Waals surface area contributed by atoms with Gasteiger partial charge in [0.2, 0.25) is 0 Å². The largest absolute Gasteiger partial charge is 0.456 e. The van der Waals surface area contributed by atoms with Gasteiger partial charge in [0.1, 0.15) is 11.2 Å². The lowest BCUT2D eigenvalue weighted by Gasteiger charge is -2.61. The molecule has 290 valence electrons. The molecule has 0 N–H and O–H groups in total. The first-order valence-electron chi connectivity index (χ1n) is 22.4. The number of hydrogen-bond donors (Lipinski definition) is 0. The summed E-state index contributed by atoms with van der Waals surface area (Å²) < 4.78 is 11.2. The fourth-order valence-electron chi connectivity index (χ4n) is 14.0. The summed E-state index contributed by atoms with van der Waals surface area (Å²) >= 11 is 0. The van der Waals surface area contributed by atoms with Crippen LogP contribution >= 0.6 is 0 Å². The summed E-state index contributed by atoms with van der Waals surface area (Å²) in [6.45, 7) is 0. The van der Waals surface area contributed by atoms with E-state index in [0.717, 1.165) is 51.3 Å². The summed E-state index contributed by atoms with van der Waals surface area (Å²) in [4.78, 5) is 0. The van der Waals surface area contributed by atoms with Gasteiger partial charge in [0.25, 0.3) is 0 Å². The first kappa shape index (κ1) is 32.9. The van der Waals surface area contributed by atoms with E-state index in [9.17, 15) is 0 Å². The SMILES string of the molecule is c1ccc2c(c1)-c1ccc(-n3c4ccccc4c4cc(-c5ccc6c(c5)c5ccccc5n6-c5ccc6oc7ccccc7c6c5)ccc43)cc1C21C2CC3CC(C2)CC1C3. The molecule has 1 spiro atoms. The van der Waals surface area contributed by atoms with Crippen LogP contribution in [0.1, 0.15) is 43.2 Å². The molecule has 11 aromatic rings. The second-order valence-electron chi connectivity index (χ2n) is 18.9. The maximum absolute atomic E-state index is 6.21. The average molecular weight is 783 g/mol. The minimum absolute atomic E-state index is 0.142. The minimum Gasteiger partial charge on any atom is -0.456 e. The monoisotopic (exact) mass is 782 g/mol. The first-order chi connectivity index (χ1) is 30.2. The van der Waals surface area contributed by atoms with Gasteiger partial charge in [0.05, 0.1) is 22.1 Å². The highest BCUT2D eigenvalue weighted by atomic mass is 16.3. The molecule has 0 aliphatic heterocycles. The van der Waals surface area contributed by atoms with Gasteiger partial charge in [-0.15, -0.1) is 0 Å². The molecular formula is C58H42N2O. The third-order valence-corrected chi connectivity index (χ3v) is 16.1. The molecule has 61 heavy (non-hydrogen) atoms. The van der Waals surface area contributed by atoms with Crippen LogP contribution in [0.2, 0.25) is 0 Å². The Morgan fingerprint density at radius 1 is 0.377 bits per heavy atom. The van der Waals surface area contributed by atoms with Crippen molar-refractivity contribution in [3.63, 3.8) is 0 Å². The van der Waals surface area contributed by atoms with Gasteiger partial charge >= 0.3 is 0 Å². The molecule has 3 aromatic heterocycles. The van der Waals surface area contributed by atoms with Crippen LogP contribution in [0.4, 0.5) is 0 Å². The van der Waals surface area contributed by atoms with Crippen molar-refractivity contribution in [1.82, 2.24) is 9.13 Å². The molecule has 3 heteroatoms. The Balaban J connectivity index is 0.885. The molecule has 4 fully saturated rings. The van der Waals surface area contributed by atoms with E-state index >= 15 is 0 Å². The Kier molecular flexibility index (Phi) is 6.32. The van der Waals surface area contributed by atoms with E-state index in [0.29, 0.717) is 0 Å². The molecule has 0 saturated heterocycles. The molecule has 5 aliphatic carbocycles. The standard InChI is InChI=1S/C58H42N2O/c1-5-13-50-42(9-1)43-21-19-41(33-51(43)58(50)38-26-34-25-35(28-38)29-39(58)27-34)60-53-15-7-3-11-45(53)48-31-37(18-23-55(48)60)36-17-22-54-47(30-36)44-10-2-6-14-52(44)59(54)40-20-24-57-49(32-40)46-12-4-8-16-56(46)61-57/h1-24,30-35,38-39H,25-29H2. The average Bonchev–Trinajstić information content (AvgIpc) is 4.03. The Morgan fingerprint density at radius 3 is 1.59 bits per heavy atom. The van der Waals surface area contributed by atoms with E-state index in [-0.39, 0.29) is 5.41 Å². The molecule has 3 nitrogen and oxygen atoms in total. The number of rotatable bonds is 3. The molecule has 0 atom stereocenters. The van der Waals surface area contributed by atoms with Crippen molar-refractivity contribution < 1.29 is 4.42 Å². The van der Waals surface area contributed by atoms with Gasteiger partial charge in [-0.25, -0.2) is 0 Å². The summed E-state index contributed by atoms with van der Waals surface area (Å²) in [5.74, 6) is 3.34. The van der Waals surface area contributed by atoms with Gasteiger partial charge in [-0.05, 0) is 162 Å². The highest BCUT2D eigenvalue weighted by molar-refractivity contribution is 6.13. The van der Waals surface area contributed by atoms with Crippen molar-refractivity contribution >= 4 is 65.6 Å². The van der Waals surface area contributed by atoms with E-state index in [1.807, 2.05) is 6.07 Å². The number of benzene rings is 8. The Bertz CT molecular complexity index is 3660. The van der Waals surface area contributed by atoms with Crippen LogP contribution in [0.15, 0.2) is 174 Å². The predicted octanol–water partition coefficient (Wildman–Crippen LogP) is 15.2. The van der Waals surface area contributed by atoms with Gasteiger partial charge in [0, 0.05) is 49.1 Å². The molecule has 8 aromatic carbocycles. The lowest BCUT2D eigenvalue weighted by atomic mass is 9.43. The molecule has 0 amide bonds. The lowest BCUT2D eigenvalue weighted by molar-refractivity contribution is -0.0399. The van der Waals surface area contributed by atoms with Crippen LogP contribution in [-0.2, 0) is 5.41 Å². The summed E-state index contributed by atoms with van der Waals surface area (Å²) in [5, 5.41) is 7.39. The third-order valence-electron chi connectivity index (χ3n) is 16.1. The lowest BCUT2D eigenvalue weighted by Crippen LogP contribution is -2.55. The van der Waals surface area contributed by atoms with Gasteiger partial charge in [-0.3, -0.25) is 0 Å². The first-order valence-corrected chi connectivity index (χ1v) is 22.4. The van der Waals surface area contributed by atoms with Crippen molar-refractivity contribution in [3.05, 3.63) is 181 Å². The predicted molar refractivity (Wildman–Crippen MR) is 251 cm³/mol. The van der Waals surface area contributed by atoms with E-state index in [1.54, 1.807) is 11.1 Å². The Hall–Kier alpha value is -6.84. The fraction of sp³-hybridized carbons (Fsp3) is 0.172. The normalized spacial score (nSPS) is 22.5. The van der Waals surface area contributed by atoms with Crippen LogP contribution in [0.25, 0.3) is 99.2 Å². The zero-order valence-electron chi connectivity index (χ0n) is 33.8. The third kappa shape index (κ3) is 4.24. The van der Waals surface area contributed by atoms with Crippen molar-refractivity contribution in [1.29, 1.82) is 0 Å². The second kappa shape index (κ2) is 11.7. The van der Waals surface area contributed by atoms with Gasteiger partial charge < -0.3 is 13.6 Å². The van der Waals surface area contributed by atoms with Crippen LogP contribution in [-0.4, -0.2) is 9.13 Å². The van der Waals surface area contributed by atoms with Gasteiger partial charge in [-0.2, -0.15) is 0 Å². The maximum atomic E-state index is 6.21. The smallest absolute Gasteiger partial charge is 0.135 e. The van der Waals surface area contributed by atoms with Crippen LogP contribution in [0, 0.1) is 23.7 Å². The molecule has 4 saturated carbocycles. The van der Waals surface area contributed by atoms with Crippen LogP contribution in [0.5, 0.6) is 0 Å². The summed E-state index contributed by atoms with van der Waals surface area (Å²) in [6, 6.07) is 64.0. The zero-order valence-corrected chi connectivity index (χ0v) is 33.8. The molecule has 0 radical (unpaired) electrons. The number of fused-ring (bicyclic) bond motifs is 12. The zero-order chi connectivity index (χ0) is 39.6. The summed E-state index contributed by atoms with van der Waals surface area (Å²) in [7, 11) is 0. The summed E-state index contributed by atoms with van der Waals surface area (Å²) in [6.07, 6.45) is 7.06. The highest BCUT2D eigenvalue weighted by Crippen LogP contribution is 2.69. The number of hydrogen-bond acceptors (Lipinski definition) is 1. The summed E-state index contributed by atoms with van der Waals surface area (Å²) in [5.41, 5.74) is 18.0. The number of furan rings is 1. The molecule has 16 rings (SSSR count). The van der Waals surface area contributed by atoms with E-state index in [1.165, 1.54) is 104 Å². The molecule has 5 aliphatic rings. The van der Waals surface area contributed by atoms with Gasteiger partial charge in [0.15, 0.2) is 0 Å². The Labute approximate surface area is 353 Å². The second-order valence-corrected chi connectivity index (χ2v) is 18.9. The minimum atomic E-state index is 0.142. The van der Waals surface area contributed by atoms with Crippen molar-refractivity contribution in [2.75, 3.05) is 0 Å². The molecule has 4 bridgehead atoms.